The number of fused-ring (bicyclic) bond motifs is 1. The molecule has 4 heteroatoms. The predicted molar refractivity (Wildman–Crippen MR) is 87.1 cm³/mol. The highest BCUT2D eigenvalue weighted by Gasteiger charge is 2.16. The van der Waals surface area contributed by atoms with Gasteiger partial charge in [0.25, 0.3) is 0 Å². The molecule has 1 unspecified atom stereocenters. The van der Waals surface area contributed by atoms with E-state index in [-0.39, 0.29) is 4.83 Å². The quantitative estimate of drug-likeness (QED) is 0.663. The Balaban J connectivity index is 1.93. The number of rotatable bonds is 2. The number of ether oxygens (including phenoxy) is 2. The molecule has 1 heterocycles. The van der Waals surface area contributed by atoms with Gasteiger partial charge in [0.1, 0.15) is 13.2 Å². The average molecular weight is 398 g/mol. The van der Waals surface area contributed by atoms with Gasteiger partial charge in [-0.1, -0.05) is 50.1 Å². The molecule has 104 valence electrons. The van der Waals surface area contributed by atoms with E-state index in [4.69, 9.17) is 9.47 Å². The third-order valence-corrected chi connectivity index (χ3v) is 5.28. The molecule has 1 aliphatic heterocycles. The van der Waals surface area contributed by atoms with Crippen LogP contribution in [0.15, 0.2) is 40.9 Å². The van der Waals surface area contributed by atoms with Crippen LogP contribution in [0.25, 0.3) is 0 Å². The first-order valence-electron chi connectivity index (χ1n) is 6.45. The Bertz CT molecular complexity index is 640. The van der Waals surface area contributed by atoms with Crippen LogP contribution in [0.2, 0.25) is 0 Å². The Morgan fingerprint density at radius 1 is 0.950 bits per heavy atom. The summed E-state index contributed by atoms with van der Waals surface area (Å²) in [6.45, 7) is 3.33. The number of halogens is 2. The lowest BCUT2D eigenvalue weighted by molar-refractivity contribution is 0.171. The average Bonchev–Trinajstić information content (AvgIpc) is 2.49. The molecule has 2 aromatic carbocycles. The maximum atomic E-state index is 5.64. The molecule has 0 spiro atoms. The summed E-state index contributed by atoms with van der Waals surface area (Å²) in [5.41, 5.74) is 3.61. The summed E-state index contributed by atoms with van der Waals surface area (Å²) < 4.78 is 12.3. The fourth-order valence-electron chi connectivity index (χ4n) is 2.24. The van der Waals surface area contributed by atoms with E-state index in [2.05, 4.69) is 63.0 Å². The normalized spacial score (nSPS) is 14.9. The van der Waals surface area contributed by atoms with Crippen LogP contribution in [0.4, 0.5) is 0 Å². The second-order valence-corrected chi connectivity index (χ2v) is 6.54. The summed E-state index contributed by atoms with van der Waals surface area (Å²) in [5, 5.41) is 0. The van der Waals surface area contributed by atoms with Gasteiger partial charge in [-0.25, -0.2) is 0 Å². The largest absolute Gasteiger partial charge is 0.486 e. The molecule has 0 radical (unpaired) electrons. The summed E-state index contributed by atoms with van der Waals surface area (Å²) in [6, 6.07) is 12.5. The van der Waals surface area contributed by atoms with Gasteiger partial charge in [0.2, 0.25) is 0 Å². The van der Waals surface area contributed by atoms with E-state index in [1.807, 2.05) is 12.1 Å². The Kier molecular flexibility index (Phi) is 4.03. The van der Waals surface area contributed by atoms with Gasteiger partial charge in [0.05, 0.1) is 4.83 Å². The van der Waals surface area contributed by atoms with Crippen LogP contribution in [0, 0.1) is 6.92 Å². The van der Waals surface area contributed by atoms with Crippen LogP contribution in [0.1, 0.15) is 21.5 Å². The van der Waals surface area contributed by atoms with E-state index in [1.54, 1.807) is 0 Å². The molecule has 0 saturated heterocycles. The van der Waals surface area contributed by atoms with E-state index in [9.17, 15) is 0 Å². The van der Waals surface area contributed by atoms with Crippen LogP contribution in [-0.4, -0.2) is 13.2 Å². The van der Waals surface area contributed by atoms with Crippen molar-refractivity contribution in [1.82, 2.24) is 0 Å². The first-order chi connectivity index (χ1) is 9.65. The summed E-state index contributed by atoms with van der Waals surface area (Å²) in [5.74, 6) is 1.65. The molecular weight excluding hydrogens is 384 g/mol. The zero-order valence-corrected chi connectivity index (χ0v) is 14.2. The lowest BCUT2D eigenvalue weighted by Crippen LogP contribution is -2.15. The zero-order valence-electron chi connectivity index (χ0n) is 11.0. The number of hydrogen-bond acceptors (Lipinski definition) is 2. The highest BCUT2D eigenvalue weighted by molar-refractivity contribution is 9.10. The number of hydrogen-bond donors (Lipinski definition) is 0. The second kappa shape index (κ2) is 5.78. The van der Waals surface area contributed by atoms with Crippen LogP contribution in [0.3, 0.4) is 0 Å². The molecule has 0 amide bonds. The van der Waals surface area contributed by atoms with Gasteiger partial charge in [0, 0.05) is 4.47 Å². The van der Waals surface area contributed by atoms with Crippen LogP contribution in [0.5, 0.6) is 11.5 Å². The fourth-order valence-corrected chi connectivity index (χ4v) is 3.05. The SMILES string of the molecule is Cc1cc(C(Br)c2ccc3c(c2)OCCO3)ccc1Br. The Morgan fingerprint density at radius 2 is 1.60 bits per heavy atom. The first-order valence-corrected chi connectivity index (χ1v) is 8.15. The monoisotopic (exact) mass is 396 g/mol. The summed E-state index contributed by atoms with van der Waals surface area (Å²) in [7, 11) is 0. The van der Waals surface area contributed by atoms with Crippen molar-refractivity contribution in [3.8, 4) is 11.5 Å². The van der Waals surface area contributed by atoms with Gasteiger partial charge in [-0.05, 0) is 41.8 Å². The summed E-state index contributed by atoms with van der Waals surface area (Å²) >= 11 is 7.30. The van der Waals surface area contributed by atoms with Crippen LogP contribution < -0.4 is 9.47 Å². The molecular formula is C16H14Br2O2. The molecule has 0 aromatic heterocycles. The van der Waals surface area contributed by atoms with Crippen molar-refractivity contribution in [1.29, 1.82) is 0 Å². The number of benzene rings is 2. The van der Waals surface area contributed by atoms with Crippen molar-refractivity contribution >= 4 is 31.9 Å². The van der Waals surface area contributed by atoms with E-state index in [0.29, 0.717) is 13.2 Å². The van der Waals surface area contributed by atoms with Gasteiger partial charge in [-0.3, -0.25) is 0 Å². The van der Waals surface area contributed by atoms with Gasteiger partial charge in [-0.2, -0.15) is 0 Å². The summed E-state index contributed by atoms with van der Waals surface area (Å²) in [6.07, 6.45) is 0. The minimum absolute atomic E-state index is 0.144. The third kappa shape index (κ3) is 2.72. The van der Waals surface area contributed by atoms with Crippen molar-refractivity contribution in [3.63, 3.8) is 0 Å². The maximum absolute atomic E-state index is 5.64. The molecule has 1 atom stereocenters. The maximum Gasteiger partial charge on any atom is 0.161 e. The smallest absolute Gasteiger partial charge is 0.161 e. The molecule has 0 saturated carbocycles. The number of alkyl halides is 1. The van der Waals surface area contributed by atoms with Crippen molar-refractivity contribution in [2.45, 2.75) is 11.8 Å². The molecule has 0 aliphatic carbocycles. The highest BCUT2D eigenvalue weighted by Crippen LogP contribution is 2.38. The van der Waals surface area contributed by atoms with E-state index in [0.717, 1.165) is 21.5 Å². The molecule has 20 heavy (non-hydrogen) atoms. The van der Waals surface area contributed by atoms with Crippen molar-refractivity contribution in [3.05, 3.63) is 57.6 Å². The molecule has 1 aliphatic rings. The standard InChI is InChI=1S/C16H14Br2O2/c1-10-8-11(2-4-13(10)17)16(18)12-3-5-14-15(9-12)20-7-6-19-14/h2-5,8-9,16H,6-7H2,1H3. The molecule has 0 N–H and O–H groups in total. The van der Waals surface area contributed by atoms with Gasteiger partial charge in [-0.15, -0.1) is 0 Å². The van der Waals surface area contributed by atoms with Gasteiger partial charge >= 0.3 is 0 Å². The van der Waals surface area contributed by atoms with E-state index < -0.39 is 0 Å². The third-order valence-electron chi connectivity index (χ3n) is 3.33. The zero-order chi connectivity index (χ0) is 14.1. The van der Waals surface area contributed by atoms with Gasteiger partial charge in [0.15, 0.2) is 11.5 Å². The number of aryl methyl sites for hydroxylation is 1. The Hall–Kier alpha value is -1.00. The Labute approximate surface area is 135 Å². The topological polar surface area (TPSA) is 18.5 Å². The van der Waals surface area contributed by atoms with Crippen molar-refractivity contribution in [2.75, 3.05) is 13.2 Å². The second-order valence-electron chi connectivity index (χ2n) is 4.77. The first kappa shape index (κ1) is 14.0. The lowest BCUT2D eigenvalue weighted by Gasteiger charge is -2.20. The Morgan fingerprint density at radius 3 is 2.35 bits per heavy atom. The van der Waals surface area contributed by atoms with Crippen molar-refractivity contribution < 1.29 is 9.47 Å². The predicted octanol–water partition coefficient (Wildman–Crippen LogP) is 5.01. The van der Waals surface area contributed by atoms with Crippen LogP contribution >= 0.6 is 31.9 Å². The molecule has 2 aromatic rings. The minimum atomic E-state index is 0.144. The van der Waals surface area contributed by atoms with E-state index in [1.165, 1.54) is 11.1 Å². The van der Waals surface area contributed by atoms with Gasteiger partial charge < -0.3 is 9.47 Å². The molecule has 0 bridgehead atoms. The lowest BCUT2D eigenvalue weighted by atomic mass is 10.0. The summed E-state index contributed by atoms with van der Waals surface area (Å²) in [4.78, 5) is 0.144. The van der Waals surface area contributed by atoms with E-state index >= 15 is 0 Å². The fraction of sp³-hybridized carbons (Fsp3) is 0.250. The molecule has 0 fully saturated rings. The molecule has 3 rings (SSSR count). The van der Waals surface area contributed by atoms with Crippen molar-refractivity contribution in [2.24, 2.45) is 0 Å². The highest BCUT2D eigenvalue weighted by atomic mass is 79.9. The minimum Gasteiger partial charge on any atom is -0.486 e. The molecule has 2 nitrogen and oxygen atoms in total. The van der Waals surface area contributed by atoms with Crippen LogP contribution in [-0.2, 0) is 0 Å².